The third-order valence-electron chi connectivity index (χ3n) is 1.98. The maximum Gasteiger partial charge on any atom is 0.393 e. The molecule has 0 atom stereocenters. The van der Waals surface area contributed by atoms with Gasteiger partial charge >= 0.3 is 17.9 Å². The minimum Gasteiger partial charge on any atom is -0.474 e. The zero-order chi connectivity index (χ0) is 9.97. The Morgan fingerprint density at radius 3 is 2.71 bits per heavy atom. The first-order valence-electron chi connectivity index (χ1n) is 4.30. The SMILES string of the molecule is O=C(O)c1nnc(N2CCNCC2)o1. The number of anilines is 1. The molecular weight excluding hydrogens is 188 g/mol. The second kappa shape index (κ2) is 3.62. The summed E-state index contributed by atoms with van der Waals surface area (Å²) in [5, 5.41) is 18.8. The molecule has 1 aliphatic heterocycles. The normalized spacial score (nSPS) is 17.0. The summed E-state index contributed by atoms with van der Waals surface area (Å²) < 4.78 is 4.96. The number of piperazine rings is 1. The molecule has 0 amide bonds. The van der Waals surface area contributed by atoms with E-state index in [4.69, 9.17) is 9.52 Å². The number of carbonyl (C=O) groups is 1. The van der Waals surface area contributed by atoms with Crippen LogP contribution in [0.3, 0.4) is 0 Å². The largest absolute Gasteiger partial charge is 0.474 e. The zero-order valence-electron chi connectivity index (χ0n) is 7.43. The third kappa shape index (κ3) is 1.67. The minimum atomic E-state index is -1.20. The van der Waals surface area contributed by atoms with Crippen LogP contribution in [0.25, 0.3) is 0 Å². The van der Waals surface area contributed by atoms with Crippen molar-refractivity contribution in [2.75, 3.05) is 31.1 Å². The minimum absolute atomic E-state index is 0.281. The summed E-state index contributed by atoms with van der Waals surface area (Å²) in [7, 11) is 0. The second-order valence-corrected chi connectivity index (χ2v) is 2.93. The van der Waals surface area contributed by atoms with E-state index in [0.29, 0.717) is 0 Å². The first-order chi connectivity index (χ1) is 6.77. The highest BCUT2D eigenvalue weighted by Crippen LogP contribution is 2.12. The molecule has 1 saturated heterocycles. The summed E-state index contributed by atoms with van der Waals surface area (Å²) in [5.74, 6) is -1.56. The molecule has 0 radical (unpaired) electrons. The lowest BCUT2D eigenvalue weighted by atomic mass is 10.4. The van der Waals surface area contributed by atoms with Crippen molar-refractivity contribution >= 4 is 12.0 Å². The van der Waals surface area contributed by atoms with Crippen molar-refractivity contribution in [3.8, 4) is 0 Å². The summed E-state index contributed by atoms with van der Waals surface area (Å²) in [5.41, 5.74) is 0. The predicted octanol–water partition coefficient (Wildman–Crippen LogP) is -0.823. The predicted molar refractivity (Wildman–Crippen MR) is 46.3 cm³/mol. The topological polar surface area (TPSA) is 91.5 Å². The monoisotopic (exact) mass is 198 g/mol. The van der Waals surface area contributed by atoms with Crippen LogP contribution in [0, 0.1) is 0 Å². The van der Waals surface area contributed by atoms with Crippen LogP contribution in [0.1, 0.15) is 10.7 Å². The molecule has 76 valence electrons. The Bertz CT molecular complexity index is 331. The van der Waals surface area contributed by atoms with E-state index >= 15 is 0 Å². The highest BCUT2D eigenvalue weighted by Gasteiger charge is 2.19. The van der Waals surface area contributed by atoms with E-state index in [2.05, 4.69) is 15.5 Å². The highest BCUT2D eigenvalue weighted by atomic mass is 16.4. The average Bonchev–Trinajstić information content (AvgIpc) is 2.68. The number of hydrogen-bond donors (Lipinski definition) is 2. The fourth-order valence-corrected chi connectivity index (χ4v) is 1.29. The quantitative estimate of drug-likeness (QED) is 0.641. The molecule has 1 aromatic rings. The molecule has 2 N–H and O–H groups in total. The van der Waals surface area contributed by atoms with Crippen LogP contribution in [0.15, 0.2) is 4.42 Å². The molecule has 1 aliphatic rings. The van der Waals surface area contributed by atoms with Crippen molar-refractivity contribution in [3.05, 3.63) is 5.89 Å². The Morgan fingerprint density at radius 2 is 2.14 bits per heavy atom. The Hall–Kier alpha value is -1.63. The highest BCUT2D eigenvalue weighted by molar-refractivity contribution is 5.82. The molecule has 0 unspecified atom stereocenters. The number of carboxylic acid groups (broad SMARTS) is 1. The van der Waals surface area contributed by atoms with E-state index in [-0.39, 0.29) is 11.9 Å². The van der Waals surface area contributed by atoms with Gasteiger partial charge in [0, 0.05) is 26.2 Å². The second-order valence-electron chi connectivity index (χ2n) is 2.93. The molecular formula is C7H10N4O3. The van der Waals surface area contributed by atoms with Crippen LogP contribution in [-0.2, 0) is 0 Å². The van der Waals surface area contributed by atoms with E-state index in [1.807, 2.05) is 4.90 Å². The van der Waals surface area contributed by atoms with Crippen LogP contribution in [-0.4, -0.2) is 47.5 Å². The lowest BCUT2D eigenvalue weighted by Gasteiger charge is -2.24. The zero-order valence-corrected chi connectivity index (χ0v) is 7.43. The van der Waals surface area contributed by atoms with Gasteiger partial charge in [-0.15, -0.1) is 0 Å². The van der Waals surface area contributed by atoms with Gasteiger partial charge in [0.15, 0.2) is 0 Å². The summed E-state index contributed by atoms with van der Waals surface area (Å²) >= 11 is 0. The van der Waals surface area contributed by atoms with Gasteiger partial charge in [-0.1, -0.05) is 10.2 Å². The van der Waals surface area contributed by atoms with Gasteiger partial charge < -0.3 is 19.7 Å². The average molecular weight is 198 g/mol. The van der Waals surface area contributed by atoms with E-state index in [1.54, 1.807) is 0 Å². The van der Waals surface area contributed by atoms with Gasteiger partial charge in [0.25, 0.3) is 0 Å². The lowest BCUT2D eigenvalue weighted by molar-refractivity contribution is 0.0654. The van der Waals surface area contributed by atoms with Gasteiger partial charge in [0.05, 0.1) is 0 Å². The van der Waals surface area contributed by atoms with Crippen molar-refractivity contribution in [1.29, 1.82) is 0 Å². The molecule has 14 heavy (non-hydrogen) atoms. The van der Waals surface area contributed by atoms with Crippen molar-refractivity contribution in [1.82, 2.24) is 15.5 Å². The molecule has 7 heteroatoms. The van der Waals surface area contributed by atoms with Crippen LogP contribution in [0.2, 0.25) is 0 Å². The fraction of sp³-hybridized carbons (Fsp3) is 0.571. The smallest absolute Gasteiger partial charge is 0.393 e. The first-order valence-corrected chi connectivity index (χ1v) is 4.30. The standard InChI is InChI=1S/C7H10N4O3/c12-6(13)5-9-10-7(14-5)11-3-1-8-2-4-11/h8H,1-4H2,(H,12,13). The van der Waals surface area contributed by atoms with Gasteiger partial charge in [0.2, 0.25) is 0 Å². The molecule has 7 nitrogen and oxygen atoms in total. The number of nitrogens with zero attached hydrogens (tertiary/aromatic N) is 3. The number of aromatic nitrogens is 2. The van der Waals surface area contributed by atoms with Crippen LogP contribution in [0.5, 0.6) is 0 Å². The molecule has 2 rings (SSSR count). The lowest BCUT2D eigenvalue weighted by Crippen LogP contribution is -2.43. The van der Waals surface area contributed by atoms with Crippen molar-refractivity contribution in [3.63, 3.8) is 0 Å². The number of carboxylic acids is 1. The number of nitrogens with one attached hydrogen (secondary N) is 1. The molecule has 0 bridgehead atoms. The maximum absolute atomic E-state index is 10.5. The van der Waals surface area contributed by atoms with Crippen molar-refractivity contribution < 1.29 is 14.3 Å². The molecule has 0 aliphatic carbocycles. The van der Waals surface area contributed by atoms with Crippen molar-refractivity contribution in [2.24, 2.45) is 0 Å². The molecule has 1 fully saturated rings. The summed E-state index contributed by atoms with van der Waals surface area (Å²) in [6, 6.07) is 0.281. The molecule has 0 saturated carbocycles. The molecule has 0 spiro atoms. The Kier molecular flexibility index (Phi) is 2.32. The maximum atomic E-state index is 10.5. The Morgan fingerprint density at radius 1 is 1.43 bits per heavy atom. The molecule has 1 aromatic heterocycles. The van der Waals surface area contributed by atoms with Crippen LogP contribution in [0.4, 0.5) is 6.01 Å². The number of rotatable bonds is 2. The van der Waals surface area contributed by atoms with E-state index in [9.17, 15) is 4.79 Å². The van der Waals surface area contributed by atoms with Gasteiger partial charge in [-0.2, -0.15) is 0 Å². The van der Waals surface area contributed by atoms with Gasteiger partial charge in [-0.3, -0.25) is 0 Å². The van der Waals surface area contributed by atoms with Crippen LogP contribution < -0.4 is 10.2 Å². The molecule has 2 heterocycles. The van der Waals surface area contributed by atoms with Crippen molar-refractivity contribution in [2.45, 2.75) is 0 Å². The number of aromatic carboxylic acids is 1. The fourth-order valence-electron chi connectivity index (χ4n) is 1.29. The summed E-state index contributed by atoms with van der Waals surface area (Å²) in [6.07, 6.45) is 0. The van der Waals surface area contributed by atoms with Crippen LogP contribution >= 0.6 is 0 Å². The third-order valence-corrected chi connectivity index (χ3v) is 1.98. The first kappa shape index (κ1) is 8.95. The number of hydrogen-bond acceptors (Lipinski definition) is 6. The van der Waals surface area contributed by atoms with Gasteiger partial charge in [-0.05, 0) is 0 Å². The Labute approximate surface area is 79.7 Å². The van der Waals surface area contributed by atoms with E-state index in [0.717, 1.165) is 26.2 Å². The van der Waals surface area contributed by atoms with Gasteiger partial charge in [-0.25, -0.2) is 4.79 Å². The van der Waals surface area contributed by atoms with E-state index < -0.39 is 5.97 Å². The summed E-state index contributed by atoms with van der Waals surface area (Å²) in [6.45, 7) is 3.18. The Balaban J connectivity index is 2.11. The molecule has 0 aromatic carbocycles. The van der Waals surface area contributed by atoms with E-state index in [1.165, 1.54) is 0 Å². The van der Waals surface area contributed by atoms with Gasteiger partial charge in [0.1, 0.15) is 0 Å². The summed E-state index contributed by atoms with van der Waals surface area (Å²) in [4.78, 5) is 12.3.